The second-order valence-corrected chi connectivity index (χ2v) is 4.04. The van der Waals surface area contributed by atoms with Crippen molar-refractivity contribution in [3.8, 4) is 0 Å². The molecule has 3 atom stereocenters. The number of nitrogens with zero attached hydrogens (tertiary/aromatic N) is 1. The van der Waals surface area contributed by atoms with Gasteiger partial charge in [-0.1, -0.05) is 0 Å². The van der Waals surface area contributed by atoms with Crippen molar-refractivity contribution in [2.24, 2.45) is 0 Å². The molecule has 0 unspecified atom stereocenters. The van der Waals surface area contributed by atoms with Crippen LogP contribution in [0.4, 0.5) is 0 Å². The minimum atomic E-state index is -0.869. The first kappa shape index (κ1) is 10.4. The Labute approximate surface area is 86.9 Å². The van der Waals surface area contributed by atoms with Gasteiger partial charge in [-0.05, 0) is 6.42 Å². The zero-order chi connectivity index (χ0) is 11.0. The monoisotopic (exact) mass is 214 g/mol. The molecule has 3 N–H and O–H groups in total. The number of nitrogens with one attached hydrogen (secondary N) is 1. The summed E-state index contributed by atoms with van der Waals surface area (Å²) in [6, 6.07) is -0.477. The van der Waals surface area contributed by atoms with E-state index in [9.17, 15) is 19.8 Å². The number of rotatable bonds is 1. The van der Waals surface area contributed by atoms with Gasteiger partial charge in [-0.15, -0.1) is 0 Å². The molecule has 0 aliphatic carbocycles. The first-order valence-electron chi connectivity index (χ1n) is 5.02. The van der Waals surface area contributed by atoms with Crippen molar-refractivity contribution in [1.82, 2.24) is 10.2 Å². The molecule has 2 aliphatic rings. The summed E-state index contributed by atoms with van der Waals surface area (Å²) in [5.74, 6) is -0.329. The number of hydrogen-bond acceptors (Lipinski definition) is 4. The summed E-state index contributed by atoms with van der Waals surface area (Å²) in [5.41, 5.74) is 0. The van der Waals surface area contributed by atoms with Gasteiger partial charge in [0.05, 0.1) is 12.2 Å². The zero-order valence-electron chi connectivity index (χ0n) is 8.22. The van der Waals surface area contributed by atoms with E-state index in [2.05, 4.69) is 5.32 Å². The number of carbonyl (C=O) groups excluding carboxylic acids is 2. The third-order valence-corrected chi connectivity index (χ3v) is 2.86. The fourth-order valence-corrected chi connectivity index (χ4v) is 1.97. The minimum Gasteiger partial charge on any atom is -0.388 e. The molecule has 0 radical (unpaired) electrons. The first-order valence-corrected chi connectivity index (χ1v) is 5.02. The van der Waals surface area contributed by atoms with Crippen LogP contribution in [-0.2, 0) is 9.59 Å². The highest BCUT2D eigenvalue weighted by Crippen LogP contribution is 2.15. The molecule has 2 amide bonds. The van der Waals surface area contributed by atoms with Gasteiger partial charge in [0.2, 0.25) is 11.8 Å². The van der Waals surface area contributed by atoms with Gasteiger partial charge in [0.25, 0.3) is 0 Å². The number of likely N-dealkylation sites (tertiary alicyclic amines) is 1. The summed E-state index contributed by atoms with van der Waals surface area (Å²) in [5, 5.41) is 21.1. The van der Waals surface area contributed by atoms with E-state index in [0.29, 0.717) is 12.8 Å². The highest BCUT2D eigenvalue weighted by atomic mass is 16.3. The average Bonchev–Trinajstić information content (AvgIpc) is 2.74. The van der Waals surface area contributed by atoms with Crippen LogP contribution in [0.1, 0.15) is 12.8 Å². The van der Waals surface area contributed by atoms with Crippen LogP contribution in [0.3, 0.4) is 0 Å². The predicted octanol–water partition coefficient (Wildman–Crippen LogP) is -2.17. The van der Waals surface area contributed by atoms with Crippen molar-refractivity contribution < 1.29 is 19.8 Å². The molecular weight excluding hydrogens is 200 g/mol. The Bertz CT molecular complexity index is 284. The number of hydrogen-bond donors (Lipinski definition) is 3. The number of carbonyl (C=O) groups is 2. The molecule has 15 heavy (non-hydrogen) atoms. The lowest BCUT2D eigenvalue weighted by molar-refractivity contribution is -0.133. The molecule has 84 valence electrons. The molecular formula is C9H14N2O4. The van der Waals surface area contributed by atoms with Gasteiger partial charge >= 0.3 is 0 Å². The molecule has 0 aromatic rings. The van der Waals surface area contributed by atoms with Crippen molar-refractivity contribution in [2.45, 2.75) is 31.1 Å². The Kier molecular flexibility index (Phi) is 2.62. The van der Waals surface area contributed by atoms with Gasteiger partial charge in [0, 0.05) is 19.5 Å². The van der Waals surface area contributed by atoms with Crippen molar-refractivity contribution >= 4 is 11.8 Å². The molecule has 2 rings (SSSR count). The van der Waals surface area contributed by atoms with E-state index in [-0.39, 0.29) is 24.9 Å². The average molecular weight is 214 g/mol. The standard InChI is InChI=1S/C9H14N2O4/c12-6-3-11(4-7(6)13)9(15)5-1-2-8(14)10-5/h5-7,12-13H,1-4H2,(H,10,14)/t5-,6-,7+/m1/s1. The van der Waals surface area contributed by atoms with Crippen LogP contribution in [0.25, 0.3) is 0 Å². The fourth-order valence-electron chi connectivity index (χ4n) is 1.97. The van der Waals surface area contributed by atoms with Gasteiger partial charge in [-0.2, -0.15) is 0 Å². The Morgan fingerprint density at radius 1 is 1.33 bits per heavy atom. The SMILES string of the molecule is O=C1CC[C@H](C(=O)N2C[C@@H](O)[C@@H](O)C2)N1. The molecule has 2 heterocycles. The summed E-state index contributed by atoms with van der Waals surface area (Å²) in [7, 11) is 0. The lowest BCUT2D eigenvalue weighted by atomic mass is 10.2. The van der Waals surface area contributed by atoms with Crippen LogP contribution in [0.5, 0.6) is 0 Å². The summed E-state index contributed by atoms with van der Waals surface area (Å²) in [4.78, 5) is 24.1. The number of aliphatic hydroxyl groups excluding tert-OH is 2. The highest BCUT2D eigenvalue weighted by Gasteiger charge is 2.37. The highest BCUT2D eigenvalue weighted by molar-refractivity contribution is 5.91. The molecule has 0 aromatic carbocycles. The Hall–Kier alpha value is -1.14. The topological polar surface area (TPSA) is 89.9 Å². The molecule has 0 spiro atoms. The summed E-state index contributed by atoms with van der Waals surface area (Å²) in [6.07, 6.45) is -0.868. The van der Waals surface area contributed by atoms with Gasteiger partial charge in [0.1, 0.15) is 6.04 Å². The second-order valence-electron chi connectivity index (χ2n) is 4.04. The lowest BCUT2D eigenvalue weighted by Gasteiger charge is -2.19. The maximum Gasteiger partial charge on any atom is 0.245 e. The van der Waals surface area contributed by atoms with E-state index >= 15 is 0 Å². The lowest BCUT2D eigenvalue weighted by Crippen LogP contribution is -2.43. The molecule has 6 nitrogen and oxygen atoms in total. The summed E-state index contributed by atoms with van der Waals surface area (Å²) < 4.78 is 0. The Morgan fingerprint density at radius 3 is 2.40 bits per heavy atom. The van der Waals surface area contributed by atoms with Gasteiger partial charge in [-0.25, -0.2) is 0 Å². The van der Waals surface area contributed by atoms with E-state index in [1.165, 1.54) is 4.90 Å². The van der Waals surface area contributed by atoms with Crippen LogP contribution in [0.2, 0.25) is 0 Å². The van der Waals surface area contributed by atoms with Crippen molar-refractivity contribution in [3.05, 3.63) is 0 Å². The summed E-state index contributed by atoms with van der Waals surface area (Å²) >= 11 is 0. The Morgan fingerprint density at radius 2 is 1.93 bits per heavy atom. The normalized spacial score (nSPS) is 35.7. The summed E-state index contributed by atoms with van der Waals surface area (Å²) in [6.45, 7) is 0.290. The zero-order valence-corrected chi connectivity index (χ0v) is 8.22. The van der Waals surface area contributed by atoms with Crippen molar-refractivity contribution in [1.29, 1.82) is 0 Å². The van der Waals surface area contributed by atoms with Crippen molar-refractivity contribution in [2.75, 3.05) is 13.1 Å². The van der Waals surface area contributed by atoms with Crippen LogP contribution < -0.4 is 5.32 Å². The van der Waals surface area contributed by atoms with Crippen LogP contribution in [0.15, 0.2) is 0 Å². The van der Waals surface area contributed by atoms with E-state index in [4.69, 9.17) is 0 Å². The van der Waals surface area contributed by atoms with Gasteiger partial charge < -0.3 is 20.4 Å². The maximum absolute atomic E-state index is 11.8. The number of amides is 2. The van der Waals surface area contributed by atoms with E-state index in [0.717, 1.165) is 0 Å². The maximum atomic E-state index is 11.8. The van der Waals surface area contributed by atoms with Crippen LogP contribution >= 0.6 is 0 Å². The molecule has 2 aliphatic heterocycles. The molecule has 0 aromatic heterocycles. The fraction of sp³-hybridized carbons (Fsp3) is 0.778. The third kappa shape index (κ3) is 1.95. The Balaban J connectivity index is 1.94. The number of aliphatic hydroxyl groups is 2. The molecule has 2 fully saturated rings. The van der Waals surface area contributed by atoms with Crippen LogP contribution in [0, 0.1) is 0 Å². The second kappa shape index (κ2) is 3.79. The third-order valence-electron chi connectivity index (χ3n) is 2.86. The molecule has 0 bridgehead atoms. The van der Waals surface area contributed by atoms with E-state index in [1.54, 1.807) is 0 Å². The first-order chi connectivity index (χ1) is 7.08. The quantitative estimate of drug-likeness (QED) is 0.463. The molecule has 2 saturated heterocycles. The van der Waals surface area contributed by atoms with Gasteiger partial charge in [0.15, 0.2) is 0 Å². The number of β-amino-alcohol motifs (C(OH)–C–C–N with tert-alkyl or cyclic N) is 2. The molecule has 6 heteroatoms. The minimum absolute atomic E-state index is 0.117. The predicted molar refractivity (Wildman–Crippen MR) is 49.8 cm³/mol. The van der Waals surface area contributed by atoms with Gasteiger partial charge in [-0.3, -0.25) is 9.59 Å². The molecule has 0 saturated carbocycles. The largest absolute Gasteiger partial charge is 0.388 e. The van der Waals surface area contributed by atoms with E-state index < -0.39 is 18.2 Å². The van der Waals surface area contributed by atoms with Crippen LogP contribution in [-0.4, -0.2) is 58.3 Å². The van der Waals surface area contributed by atoms with E-state index in [1.807, 2.05) is 0 Å². The van der Waals surface area contributed by atoms with Crippen molar-refractivity contribution in [3.63, 3.8) is 0 Å². The smallest absolute Gasteiger partial charge is 0.245 e.